The Bertz CT molecular complexity index is 150. The highest BCUT2D eigenvalue weighted by molar-refractivity contribution is 4.96. The molecule has 0 aliphatic carbocycles. The zero-order chi connectivity index (χ0) is 7.90. The van der Waals surface area contributed by atoms with E-state index >= 15 is 0 Å². The molecule has 0 spiro atoms. The van der Waals surface area contributed by atoms with E-state index in [-0.39, 0.29) is 0 Å². The molecular weight excluding hydrogens is 136 g/mol. The molecule has 3 aliphatic heterocycles. The molecule has 3 rings (SSSR count). The first kappa shape index (κ1) is 7.56. The maximum atomic E-state index is 2.66. The molecule has 0 N–H and O–H groups in total. The van der Waals surface area contributed by atoms with Crippen molar-refractivity contribution < 1.29 is 0 Å². The van der Waals surface area contributed by atoms with Crippen LogP contribution in [0.15, 0.2) is 0 Å². The van der Waals surface area contributed by atoms with Crippen LogP contribution in [0.1, 0.15) is 20.3 Å². The van der Waals surface area contributed by atoms with E-state index in [0.717, 1.165) is 0 Å². The van der Waals surface area contributed by atoms with Crippen LogP contribution in [0.3, 0.4) is 0 Å². The van der Waals surface area contributed by atoms with Gasteiger partial charge in [0.25, 0.3) is 0 Å². The highest BCUT2D eigenvalue weighted by atomic mass is 15.4. The quantitative estimate of drug-likeness (QED) is 0.551. The first-order valence-corrected chi connectivity index (χ1v) is 4.72. The van der Waals surface area contributed by atoms with E-state index in [1.807, 2.05) is 0 Å². The van der Waals surface area contributed by atoms with Gasteiger partial charge in [-0.15, -0.1) is 0 Å². The average molecular weight is 154 g/mol. The van der Waals surface area contributed by atoms with Crippen molar-refractivity contribution in [3.63, 3.8) is 0 Å². The highest BCUT2D eigenvalue weighted by Crippen LogP contribution is 2.27. The molecule has 0 aromatic carbocycles. The third-order valence-corrected chi connectivity index (χ3v) is 3.46. The first-order chi connectivity index (χ1) is 5.24. The smallest absolute Gasteiger partial charge is 0.0306 e. The maximum Gasteiger partial charge on any atom is 0.0306 e. The summed E-state index contributed by atoms with van der Waals surface area (Å²) in [7, 11) is 0. The molecule has 1 unspecified atom stereocenters. The van der Waals surface area contributed by atoms with E-state index in [1.54, 1.807) is 0 Å². The Labute approximate surface area is 69.2 Å². The molecule has 3 saturated heterocycles. The summed E-state index contributed by atoms with van der Waals surface area (Å²) in [6, 6.07) is 0. The molecule has 2 nitrogen and oxygen atoms in total. The lowest BCUT2D eigenvalue weighted by molar-refractivity contribution is -0.0462. The topological polar surface area (TPSA) is 6.48 Å². The minimum Gasteiger partial charge on any atom is -0.299 e. The van der Waals surface area contributed by atoms with Crippen LogP contribution in [0.2, 0.25) is 0 Å². The molecule has 0 amide bonds. The predicted octanol–water partition coefficient (Wildman–Crippen LogP) is 0.786. The molecule has 2 heteroatoms. The molecule has 0 aromatic rings. The van der Waals surface area contributed by atoms with E-state index < -0.39 is 0 Å². The fourth-order valence-electron chi connectivity index (χ4n) is 2.36. The summed E-state index contributed by atoms with van der Waals surface area (Å²) in [5, 5.41) is 0. The van der Waals surface area contributed by atoms with Crippen molar-refractivity contribution in [1.82, 2.24) is 9.80 Å². The molecule has 64 valence electrons. The van der Waals surface area contributed by atoms with Crippen LogP contribution < -0.4 is 0 Å². The van der Waals surface area contributed by atoms with E-state index in [9.17, 15) is 0 Å². The Morgan fingerprint density at radius 3 is 2.09 bits per heavy atom. The number of rotatable bonds is 1. The summed E-state index contributed by atoms with van der Waals surface area (Å²) in [5.41, 5.74) is 0.497. The van der Waals surface area contributed by atoms with Gasteiger partial charge < -0.3 is 0 Å². The Kier molecular flexibility index (Phi) is 1.69. The van der Waals surface area contributed by atoms with Crippen LogP contribution in [-0.2, 0) is 0 Å². The van der Waals surface area contributed by atoms with E-state index in [1.165, 1.54) is 39.1 Å². The standard InChI is InChI=1S/C9H18N2/c1-3-9(2)8-10-4-6-11(9)7-5-10/h3-8H2,1-2H3. The van der Waals surface area contributed by atoms with Gasteiger partial charge in [-0.05, 0) is 13.3 Å². The van der Waals surface area contributed by atoms with Gasteiger partial charge in [-0.25, -0.2) is 0 Å². The molecule has 3 heterocycles. The number of piperazine rings is 3. The molecule has 1 atom stereocenters. The average Bonchev–Trinajstić information content (AvgIpc) is 2.06. The largest absolute Gasteiger partial charge is 0.299 e. The molecule has 0 radical (unpaired) electrons. The molecule has 11 heavy (non-hydrogen) atoms. The SMILES string of the molecule is CCC1(C)CN2CCN1CC2. The number of nitrogens with zero attached hydrogens (tertiary/aromatic N) is 2. The summed E-state index contributed by atoms with van der Waals surface area (Å²) in [6.45, 7) is 11.2. The van der Waals surface area contributed by atoms with E-state index in [0.29, 0.717) is 5.54 Å². The minimum absolute atomic E-state index is 0.497. The van der Waals surface area contributed by atoms with Gasteiger partial charge in [-0.1, -0.05) is 6.92 Å². The van der Waals surface area contributed by atoms with Crippen LogP contribution in [0, 0.1) is 0 Å². The van der Waals surface area contributed by atoms with Crippen LogP contribution >= 0.6 is 0 Å². The summed E-state index contributed by atoms with van der Waals surface area (Å²) in [5.74, 6) is 0. The fourth-order valence-corrected chi connectivity index (χ4v) is 2.36. The second-order valence-corrected chi connectivity index (χ2v) is 4.11. The summed E-state index contributed by atoms with van der Waals surface area (Å²) in [4.78, 5) is 5.26. The van der Waals surface area contributed by atoms with Crippen molar-refractivity contribution in [2.75, 3.05) is 32.7 Å². The zero-order valence-corrected chi connectivity index (χ0v) is 7.64. The minimum atomic E-state index is 0.497. The van der Waals surface area contributed by atoms with Gasteiger partial charge in [0.2, 0.25) is 0 Å². The molecule has 0 aromatic heterocycles. The molecule has 2 bridgehead atoms. The summed E-state index contributed by atoms with van der Waals surface area (Å²) >= 11 is 0. The van der Waals surface area contributed by atoms with Crippen molar-refractivity contribution in [2.24, 2.45) is 0 Å². The Hall–Kier alpha value is -0.0800. The third kappa shape index (κ3) is 1.09. The van der Waals surface area contributed by atoms with Gasteiger partial charge in [-0.2, -0.15) is 0 Å². The van der Waals surface area contributed by atoms with Crippen molar-refractivity contribution >= 4 is 0 Å². The Morgan fingerprint density at radius 2 is 1.82 bits per heavy atom. The molecule has 0 saturated carbocycles. The van der Waals surface area contributed by atoms with Crippen LogP contribution in [0.25, 0.3) is 0 Å². The van der Waals surface area contributed by atoms with Crippen molar-refractivity contribution in [2.45, 2.75) is 25.8 Å². The van der Waals surface area contributed by atoms with Gasteiger partial charge in [0.1, 0.15) is 0 Å². The van der Waals surface area contributed by atoms with Gasteiger partial charge in [0.15, 0.2) is 0 Å². The van der Waals surface area contributed by atoms with Gasteiger partial charge in [-0.3, -0.25) is 9.80 Å². The second-order valence-electron chi connectivity index (χ2n) is 4.11. The van der Waals surface area contributed by atoms with Crippen LogP contribution in [0.5, 0.6) is 0 Å². The van der Waals surface area contributed by atoms with Crippen molar-refractivity contribution in [3.05, 3.63) is 0 Å². The lowest BCUT2D eigenvalue weighted by atomic mass is 9.90. The fraction of sp³-hybridized carbons (Fsp3) is 1.00. The maximum absolute atomic E-state index is 2.66. The first-order valence-electron chi connectivity index (χ1n) is 4.72. The monoisotopic (exact) mass is 154 g/mol. The number of fused-ring (bicyclic) bond motifs is 3. The van der Waals surface area contributed by atoms with Gasteiger partial charge in [0.05, 0.1) is 0 Å². The van der Waals surface area contributed by atoms with Crippen LogP contribution in [0.4, 0.5) is 0 Å². The van der Waals surface area contributed by atoms with Gasteiger partial charge >= 0.3 is 0 Å². The third-order valence-electron chi connectivity index (χ3n) is 3.46. The molecular formula is C9H18N2. The molecule has 3 aliphatic rings. The summed E-state index contributed by atoms with van der Waals surface area (Å²) in [6.07, 6.45) is 1.30. The predicted molar refractivity (Wildman–Crippen MR) is 46.7 cm³/mol. The van der Waals surface area contributed by atoms with Gasteiger partial charge in [0, 0.05) is 38.3 Å². The second kappa shape index (κ2) is 2.46. The number of hydrogen-bond donors (Lipinski definition) is 0. The number of hydrogen-bond acceptors (Lipinski definition) is 2. The highest BCUT2D eigenvalue weighted by Gasteiger charge is 2.39. The van der Waals surface area contributed by atoms with Crippen molar-refractivity contribution in [1.29, 1.82) is 0 Å². The van der Waals surface area contributed by atoms with Crippen LogP contribution in [-0.4, -0.2) is 48.1 Å². The Morgan fingerprint density at radius 1 is 1.18 bits per heavy atom. The normalized spacial score (nSPS) is 49.6. The van der Waals surface area contributed by atoms with E-state index in [2.05, 4.69) is 23.6 Å². The summed E-state index contributed by atoms with van der Waals surface area (Å²) < 4.78 is 0. The Balaban J connectivity index is 2.13. The zero-order valence-electron chi connectivity index (χ0n) is 7.64. The molecule has 3 fully saturated rings. The van der Waals surface area contributed by atoms with Crippen molar-refractivity contribution in [3.8, 4) is 0 Å². The lowest BCUT2D eigenvalue weighted by Gasteiger charge is -2.54. The lowest BCUT2D eigenvalue weighted by Crippen LogP contribution is -2.66. The van der Waals surface area contributed by atoms with E-state index in [4.69, 9.17) is 0 Å².